The lowest BCUT2D eigenvalue weighted by molar-refractivity contribution is -0.112. The summed E-state index contributed by atoms with van der Waals surface area (Å²) in [5, 5.41) is 7.05. The molecule has 27 heavy (non-hydrogen) atoms. The summed E-state index contributed by atoms with van der Waals surface area (Å²) in [5.74, 6) is -0.600. The highest BCUT2D eigenvalue weighted by Gasteiger charge is 2.25. The van der Waals surface area contributed by atoms with E-state index < -0.39 is 11.7 Å². The SMILES string of the molecule is CCOc1ccc(NC(=O)C(=O)c2c(C)nn(-c3ccccc3)c2C)cc1. The molecule has 0 unspecified atom stereocenters. The van der Waals surface area contributed by atoms with Gasteiger partial charge in [0.25, 0.3) is 11.7 Å². The van der Waals surface area contributed by atoms with Crippen LogP contribution in [0.4, 0.5) is 5.69 Å². The number of ether oxygens (including phenoxy) is 1. The summed E-state index contributed by atoms with van der Waals surface area (Å²) in [6.45, 7) is 5.97. The molecule has 3 rings (SSSR count). The van der Waals surface area contributed by atoms with Crippen LogP contribution in [0.2, 0.25) is 0 Å². The monoisotopic (exact) mass is 363 g/mol. The molecule has 0 aliphatic rings. The van der Waals surface area contributed by atoms with Crippen LogP contribution in [0, 0.1) is 13.8 Å². The lowest BCUT2D eigenvalue weighted by Gasteiger charge is -2.07. The lowest BCUT2D eigenvalue weighted by atomic mass is 10.1. The summed E-state index contributed by atoms with van der Waals surface area (Å²) in [5.41, 5.74) is 2.84. The van der Waals surface area contributed by atoms with E-state index in [0.29, 0.717) is 35.0 Å². The van der Waals surface area contributed by atoms with Gasteiger partial charge in [-0.1, -0.05) is 18.2 Å². The zero-order valence-electron chi connectivity index (χ0n) is 15.5. The van der Waals surface area contributed by atoms with Gasteiger partial charge in [0.1, 0.15) is 5.75 Å². The van der Waals surface area contributed by atoms with Crippen molar-refractivity contribution in [3.8, 4) is 11.4 Å². The molecule has 0 fully saturated rings. The Kier molecular flexibility index (Phi) is 5.35. The Labute approximate surface area is 157 Å². The van der Waals surface area contributed by atoms with Crippen LogP contribution >= 0.6 is 0 Å². The van der Waals surface area contributed by atoms with Gasteiger partial charge in [0, 0.05) is 5.69 Å². The van der Waals surface area contributed by atoms with Crippen LogP contribution in [0.5, 0.6) is 5.75 Å². The summed E-state index contributed by atoms with van der Waals surface area (Å²) >= 11 is 0. The van der Waals surface area contributed by atoms with Gasteiger partial charge in [-0.25, -0.2) is 4.68 Å². The number of anilines is 1. The maximum atomic E-state index is 12.7. The number of hydrogen-bond donors (Lipinski definition) is 1. The predicted molar refractivity (Wildman–Crippen MR) is 104 cm³/mol. The molecular weight excluding hydrogens is 342 g/mol. The summed E-state index contributed by atoms with van der Waals surface area (Å²) in [6, 6.07) is 16.4. The Morgan fingerprint density at radius 3 is 2.33 bits per heavy atom. The van der Waals surface area contributed by atoms with Crippen LogP contribution < -0.4 is 10.1 Å². The van der Waals surface area contributed by atoms with Gasteiger partial charge in [0.15, 0.2) is 0 Å². The topological polar surface area (TPSA) is 73.2 Å². The van der Waals surface area contributed by atoms with Gasteiger partial charge >= 0.3 is 0 Å². The number of rotatable bonds is 6. The Hall–Kier alpha value is -3.41. The molecule has 0 radical (unpaired) electrons. The van der Waals surface area contributed by atoms with E-state index in [0.717, 1.165) is 5.69 Å². The Morgan fingerprint density at radius 1 is 1.04 bits per heavy atom. The van der Waals surface area contributed by atoms with Crippen LogP contribution in [-0.2, 0) is 4.79 Å². The Morgan fingerprint density at radius 2 is 1.70 bits per heavy atom. The van der Waals surface area contributed by atoms with E-state index in [1.54, 1.807) is 42.8 Å². The second-order valence-electron chi connectivity index (χ2n) is 6.03. The molecule has 0 spiro atoms. The molecule has 1 heterocycles. The van der Waals surface area contributed by atoms with E-state index in [1.165, 1.54) is 0 Å². The standard InChI is InChI=1S/C21H21N3O3/c1-4-27-18-12-10-16(11-13-18)22-21(26)20(25)19-14(2)23-24(15(19)3)17-8-6-5-7-9-17/h5-13H,4H2,1-3H3,(H,22,26). The molecular formula is C21H21N3O3. The zero-order chi connectivity index (χ0) is 19.4. The van der Waals surface area contributed by atoms with Gasteiger partial charge in [-0.2, -0.15) is 5.10 Å². The lowest BCUT2D eigenvalue weighted by Crippen LogP contribution is -2.24. The van der Waals surface area contributed by atoms with Crippen molar-refractivity contribution in [1.82, 2.24) is 9.78 Å². The summed E-state index contributed by atoms with van der Waals surface area (Å²) in [7, 11) is 0. The number of para-hydroxylation sites is 1. The molecule has 1 aromatic heterocycles. The van der Waals surface area contributed by atoms with E-state index in [-0.39, 0.29) is 0 Å². The Bertz CT molecular complexity index is 960. The first kappa shape index (κ1) is 18.4. The first-order valence-electron chi connectivity index (χ1n) is 8.71. The van der Waals surface area contributed by atoms with Crippen LogP contribution in [0.3, 0.4) is 0 Å². The van der Waals surface area contributed by atoms with Crippen molar-refractivity contribution in [1.29, 1.82) is 0 Å². The molecule has 6 heteroatoms. The van der Waals surface area contributed by atoms with E-state index in [4.69, 9.17) is 4.74 Å². The molecule has 1 N–H and O–H groups in total. The summed E-state index contributed by atoms with van der Waals surface area (Å²) in [6.07, 6.45) is 0. The highest BCUT2D eigenvalue weighted by atomic mass is 16.5. The zero-order valence-corrected chi connectivity index (χ0v) is 15.5. The molecule has 2 aromatic carbocycles. The molecule has 0 aliphatic heterocycles. The second kappa shape index (κ2) is 7.86. The van der Waals surface area contributed by atoms with Gasteiger partial charge < -0.3 is 10.1 Å². The molecule has 138 valence electrons. The number of Topliss-reactive ketones (excluding diaryl/α,β-unsaturated/α-hetero) is 1. The molecule has 0 saturated carbocycles. The van der Waals surface area contributed by atoms with Crippen molar-refractivity contribution in [2.45, 2.75) is 20.8 Å². The number of nitrogens with zero attached hydrogens (tertiary/aromatic N) is 2. The van der Waals surface area contributed by atoms with Crippen LogP contribution in [-0.4, -0.2) is 28.1 Å². The van der Waals surface area contributed by atoms with Crippen LogP contribution in [0.15, 0.2) is 54.6 Å². The molecule has 0 atom stereocenters. The molecule has 1 amide bonds. The third-order valence-electron chi connectivity index (χ3n) is 4.15. The fraction of sp³-hybridized carbons (Fsp3) is 0.190. The number of amides is 1. The molecule has 0 saturated heterocycles. The highest BCUT2D eigenvalue weighted by Crippen LogP contribution is 2.20. The second-order valence-corrected chi connectivity index (χ2v) is 6.03. The Balaban J connectivity index is 1.81. The summed E-state index contributed by atoms with van der Waals surface area (Å²) in [4.78, 5) is 25.2. The van der Waals surface area contributed by atoms with Crippen molar-refractivity contribution in [3.63, 3.8) is 0 Å². The van der Waals surface area contributed by atoms with E-state index >= 15 is 0 Å². The first-order chi connectivity index (χ1) is 13.0. The number of nitrogens with one attached hydrogen (secondary N) is 1. The molecule has 0 bridgehead atoms. The van der Waals surface area contributed by atoms with Gasteiger partial charge in [-0.05, 0) is 57.2 Å². The molecule has 6 nitrogen and oxygen atoms in total. The fourth-order valence-corrected chi connectivity index (χ4v) is 2.89. The normalized spacial score (nSPS) is 10.5. The number of aryl methyl sites for hydroxylation is 1. The molecule has 3 aromatic rings. The van der Waals surface area contributed by atoms with E-state index in [1.807, 2.05) is 37.3 Å². The maximum Gasteiger partial charge on any atom is 0.296 e. The van der Waals surface area contributed by atoms with Gasteiger partial charge in [0.05, 0.1) is 29.2 Å². The minimum absolute atomic E-state index is 0.322. The third-order valence-corrected chi connectivity index (χ3v) is 4.15. The van der Waals surface area contributed by atoms with Gasteiger partial charge in [-0.15, -0.1) is 0 Å². The molecule has 0 aliphatic carbocycles. The smallest absolute Gasteiger partial charge is 0.296 e. The van der Waals surface area contributed by atoms with Crippen molar-refractivity contribution < 1.29 is 14.3 Å². The van der Waals surface area contributed by atoms with Crippen LogP contribution in [0.25, 0.3) is 5.69 Å². The average molecular weight is 363 g/mol. The maximum absolute atomic E-state index is 12.7. The average Bonchev–Trinajstić information content (AvgIpc) is 2.98. The van der Waals surface area contributed by atoms with Crippen molar-refractivity contribution >= 4 is 17.4 Å². The van der Waals surface area contributed by atoms with Crippen molar-refractivity contribution in [2.75, 3.05) is 11.9 Å². The van der Waals surface area contributed by atoms with Gasteiger partial charge in [-0.3, -0.25) is 9.59 Å². The highest BCUT2D eigenvalue weighted by molar-refractivity contribution is 6.47. The summed E-state index contributed by atoms with van der Waals surface area (Å²) < 4.78 is 7.04. The minimum atomic E-state index is -0.696. The third kappa shape index (κ3) is 3.89. The number of carbonyl (C=O) groups excluding carboxylic acids is 2. The van der Waals surface area contributed by atoms with Crippen LogP contribution in [0.1, 0.15) is 28.7 Å². The predicted octanol–water partition coefficient (Wildman–Crippen LogP) is 3.71. The number of aromatic nitrogens is 2. The number of ketones is 1. The number of benzene rings is 2. The quantitative estimate of drug-likeness (QED) is 0.535. The first-order valence-corrected chi connectivity index (χ1v) is 8.71. The van der Waals surface area contributed by atoms with Crippen molar-refractivity contribution in [3.05, 3.63) is 71.5 Å². The van der Waals surface area contributed by atoms with Crippen molar-refractivity contribution in [2.24, 2.45) is 0 Å². The largest absolute Gasteiger partial charge is 0.494 e. The number of hydrogen-bond acceptors (Lipinski definition) is 4. The van der Waals surface area contributed by atoms with E-state index in [9.17, 15) is 9.59 Å². The minimum Gasteiger partial charge on any atom is -0.494 e. The number of carbonyl (C=O) groups is 2. The fourth-order valence-electron chi connectivity index (χ4n) is 2.89. The van der Waals surface area contributed by atoms with E-state index in [2.05, 4.69) is 10.4 Å². The van der Waals surface area contributed by atoms with Gasteiger partial charge in [0.2, 0.25) is 0 Å².